The van der Waals surface area contributed by atoms with Crippen molar-refractivity contribution in [1.82, 2.24) is 0 Å². The summed E-state index contributed by atoms with van der Waals surface area (Å²) in [5, 5.41) is 1.24. The third kappa shape index (κ3) is 3.76. The normalized spacial score (nSPS) is 15.2. The van der Waals surface area contributed by atoms with Crippen LogP contribution in [0.2, 0.25) is 10.0 Å². The lowest BCUT2D eigenvalue weighted by Gasteiger charge is -2.19. The van der Waals surface area contributed by atoms with Crippen LogP contribution < -0.4 is 4.90 Å². The number of carbonyl (C=O) groups excluding carboxylic acids is 1. The van der Waals surface area contributed by atoms with E-state index in [1.807, 2.05) is 36.4 Å². The predicted molar refractivity (Wildman–Crippen MR) is 119 cm³/mol. The molecule has 0 atom stereocenters. The van der Waals surface area contributed by atoms with E-state index in [-0.39, 0.29) is 5.91 Å². The Morgan fingerprint density at radius 2 is 1.46 bits per heavy atom. The molecule has 0 bridgehead atoms. The molecule has 0 saturated heterocycles. The molecule has 0 spiro atoms. The van der Waals surface area contributed by atoms with Crippen molar-refractivity contribution in [2.75, 3.05) is 4.90 Å². The molecule has 0 radical (unpaired) electrons. The summed E-state index contributed by atoms with van der Waals surface area (Å²) in [5.74, 6) is 0.350. The van der Waals surface area contributed by atoms with Crippen molar-refractivity contribution in [2.45, 2.75) is 0 Å². The molecular formula is C22H13BrCl2N2O. The molecule has 4 rings (SSSR count). The number of amides is 1. The largest absolute Gasteiger partial charge is 0.282 e. The SMILES string of the molecule is O=C1/C(=C\c2ccc(Cl)cc2)N=C(c2ccccc2Br)N1c1ccc(Cl)cc1. The lowest BCUT2D eigenvalue weighted by molar-refractivity contribution is -0.113. The van der Waals surface area contributed by atoms with Gasteiger partial charge in [-0.15, -0.1) is 0 Å². The Morgan fingerprint density at radius 3 is 2.11 bits per heavy atom. The van der Waals surface area contributed by atoms with Crippen LogP contribution in [0.3, 0.4) is 0 Å². The zero-order valence-corrected chi connectivity index (χ0v) is 17.5. The molecule has 1 aliphatic heterocycles. The minimum atomic E-state index is -0.206. The fourth-order valence-corrected chi connectivity index (χ4v) is 3.60. The van der Waals surface area contributed by atoms with Gasteiger partial charge in [0.1, 0.15) is 11.5 Å². The van der Waals surface area contributed by atoms with Gasteiger partial charge >= 0.3 is 0 Å². The van der Waals surface area contributed by atoms with Crippen LogP contribution in [0.25, 0.3) is 6.08 Å². The third-order valence-electron chi connectivity index (χ3n) is 4.23. The van der Waals surface area contributed by atoms with E-state index in [0.29, 0.717) is 27.3 Å². The van der Waals surface area contributed by atoms with Gasteiger partial charge < -0.3 is 0 Å². The second kappa shape index (κ2) is 7.92. The maximum atomic E-state index is 13.2. The highest BCUT2D eigenvalue weighted by atomic mass is 79.9. The van der Waals surface area contributed by atoms with E-state index < -0.39 is 0 Å². The van der Waals surface area contributed by atoms with Crippen LogP contribution in [0, 0.1) is 0 Å². The Morgan fingerprint density at radius 1 is 0.857 bits per heavy atom. The first-order chi connectivity index (χ1) is 13.5. The lowest BCUT2D eigenvalue weighted by Crippen LogP contribution is -2.32. The number of benzene rings is 3. The van der Waals surface area contributed by atoms with Crippen molar-refractivity contribution in [3.63, 3.8) is 0 Å². The molecule has 0 N–H and O–H groups in total. The average Bonchev–Trinajstić information content (AvgIpc) is 3.01. The van der Waals surface area contributed by atoms with Gasteiger partial charge in [-0.25, -0.2) is 4.99 Å². The molecule has 28 heavy (non-hydrogen) atoms. The Hall–Kier alpha value is -2.40. The molecule has 6 heteroatoms. The van der Waals surface area contributed by atoms with E-state index in [2.05, 4.69) is 20.9 Å². The van der Waals surface area contributed by atoms with Gasteiger partial charge in [-0.3, -0.25) is 9.69 Å². The standard InChI is InChI=1S/C22H13BrCl2N2O/c23-19-4-2-1-3-18(19)21-26-20(13-14-5-7-15(24)8-6-14)22(28)27(21)17-11-9-16(25)10-12-17/h1-13H/b20-13+. The third-order valence-corrected chi connectivity index (χ3v) is 5.43. The molecule has 0 saturated carbocycles. The van der Waals surface area contributed by atoms with Crippen LogP contribution in [0.15, 0.2) is 88.0 Å². The van der Waals surface area contributed by atoms with Crippen LogP contribution in [-0.2, 0) is 4.79 Å². The number of anilines is 1. The van der Waals surface area contributed by atoms with E-state index in [1.165, 1.54) is 0 Å². The first kappa shape index (κ1) is 18.9. The van der Waals surface area contributed by atoms with Crippen LogP contribution >= 0.6 is 39.1 Å². The molecule has 0 aromatic heterocycles. The lowest BCUT2D eigenvalue weighted by atomic mass is 10.1. The Kier molecular flexibility index (Phi) is 5.36. The van der Waals surface area contributed by atoms with Crippen molar-refractivity contribution < 1.29 is 4.79 Å². The minimum Gasteiger partial charge on any atom is -0.266 e. The number of hydrogen-bond donors (Lipinski definition) is 0. The predicted octanol–water partition coefficient (Wildman–Crippen LogP) is 6.59. The van der Waals surface area contributed by atoms with Crippen molar-refractivity contribution in [3.05, 3.63) is 104 Å². The van der Waals surface area contributed by atoms with Gasteiger partial charge in [-0.1, -0.05) is 69.5 Å². The molecule has 1 amide bonds. The number of carbonyl (C=O) groups is 1. The second-order valence-corrected chi connectivity index (χ2v) is 7.84. The highest BCUT2D eigenvalue weighted by Crippen LogP contribution is 2.31. The van der Waals surface area contributed by atoms with Gasteiger partial charge in [-0.05, 0) is 54.1 Å². The molecular weight excluding hydrogens is 459 g/mol. The molecule has 3 aromatic carbocycles. The number of hydrogen-bond acceptors (Lipinski definition) is 2. The summed E-state index contributed by atoms with van der Waals surface area (Å²) in [6.07, 6.45) is 1.76. The van der Waals surface area contributed by atoms with Crippen LogP contribution in [0.1, 0.15) is 11.1 Å². The summed E-state index contributed by atoms with van der Waals surface area (Å²) in [6, 6.07) is 22.0. The molecule has 1 heterocycles. The van der Waals surface area contributed by atoms with Gasteiger partial charge in [0, 0.05) is 20.1 Å². The van der Waals surface area contributed by atoms with Crippen molar-refractivity contribution in [3.8, 4) is 0 Å². The number of nitrogens with zero attached hydrogens (tertiary/aromatic N) is 2. The Labute approximate surface area is 181 Å². The van der Waals surface area contributed by atoms with Gasteiger partial charge in [-0.2, -0.15) is 0 Å². The van der Waals surface area contributed by atoms with Gasteiger partial charge in [0.05, 0.1) is 5.69 Å². The Bertz CT molecular complexity index is 1110. The fraction of sp³-hybridized carbons (Fsp3) is 0. The zero-order chi connectivity index (χ0) is 19.7. The minimum absolute atomic E-state index is 0.206. The Balaban J connectivity index is 1.84. The van der Waals surface area contributed by atoms with Crippen LogP contribution in [-0.4, -0.2) is 11.7 Å². The smallest absolute Gasteiger partial charge is 0.266 e. The van der Waals surface area contributed by atoms with E-state index in [1.54, 1.807) is 47.4 Å². The molecule has 0 unspecified atom stereocenters. The molecule has 0 fully saturated rings. The molecule has 1 aliphatic rings. The average molecular weight is 472 g/mol. The monoisotopic (exact) mass is 470 g/mol. The van der Waals surface area contributed by atoms with Crippen LogP contribution in [0.4, 0.5) is 5.69 Å². The molecule has 138 valence electrons. The van der Waals surface area contributed by atoms with E-state index in [0.717, 1.165) is 15.6 Å². The first-order valence-corrected chi connectivity index (χ1v) is 9.99. The zero-order valence-electron chi connectivity index (χ0n) is 14.4. The van der Waals surface area contributed by atoms with Crippen LogP contribution in [0.5, 0.6) is 0 Å². The highest BCUT2D eigenvalue weighted by Gasteiger charge is 2.33. The number of amidine groups is 1. The van der Waals surface area contributed by atoms with E-state index >= 15 is 0 Å². The maximum Gasteiger partial charge on any atom is 0.282 e. The topological polar surface area (TPSA) is 32.7 Å². The summed E-state index contributed by atoms with van der Waals surface area (Å²) in [6.45, 7) is 0. The molecule has 3 nitrogen and oxygen atoms in total. The van der Waals surface area contributed by atoms with Crippen molar-refractivity contribution in [1.29, 1.82) is 0 Å². The van der Waals surface area contributed by atoms with E-state index in [4.69, 9.17) is 23.2 Å². The fourth-order valence-electron chi connectivity index (χ4n) is 2.89. The number of aliphatic imine (C=N–C) groups is 1. The summed E-state index contributed by atoms with van der Waals surface area (Å²) in [4.78, 5) is 19.5. The van der Waals surface area contributed by atoms with Crippen molar-refractivity contribution >= 4 is 62.6 Å². The number of rotatable bonds is 3. The maximum absolute atomic E-state index is 13.2. The molecule has 3 aromatic rings. The first-order valence-electron chi connectivity index (χ1n) is 8.44. The highest BCUT2D eigenvalue weighted by molar-refractivity contribution is 9.10. The van der Waals surface area contributed by atoms with Gasteiger partial charge in [0.15, 0.2) is 0 Å². The number of halogens is 3. The molecule has 0 aliphatic carbocycles. The van der Waals surface area contributed by atoms with Gasteiger partial charge in [0.25, 0.3) is 5.91 Å². The summed E-state index contributed by atoms with van der Waals surface area (Å²) >= 11 is 15.5. The second-order valence-electron chi connectivity index (χ2n) is 6.11. The summed E-state index contributed by atoms with van der Waals surface area (Å²) < 4.78 is 0.855. The summed E-state index contributed by atoms with van der Waals surface area (Å²) in [7, 11) is 0. The quantitative estimate of drug-likeness (QED) is 0.396. The van der Waals surface area contributed by atoms with Gasteiger partial charge in [0.2, 0.25) is 0 Å². The van der Waals surface area contributed by atoms with Crippen molar-refractivity contribution in [2.24, 2.45) is 4.99 Å². The summed E-state index contributed by atoms with van der Waals surface area (Å²) in [5.41, 5.74) is 2.72. The van der Waals surface area contributed by atoms with E-state index in [9.17, 15) is 4.79 Å².